The minimum atomic E-state index is -1.01. The fourth-order valence-electron chi connectivity index (χ4n) is 3.64. The molecule has 2 aromatic rings. The summed E-state index contributed by atoms with van der Waals surface area (Å²) in [5.41, 5.74) is 1.25. The van der Waals surface area contributed by atoms with E-state index in [1.54, 1.807) is 17.8 Å². The zero-order chi connectivity index (χ0) is 16.7. The van der Waals surface area contributed by atoms with Gasteiger partial charge in [0.2, 0.25) is 0 Å². The van der Waals surface area contributed by atoms with Gasteiger partial charge in [0.1, 0.15) is 18.5 Å². The second kappa shape index (κ2) is 6.27. The maximum absolute atomic E-state index is 10.2. The smallest absolute Gasteiger partial charge is 0.167 e. The number of ether oxygens (including phenoxy) is 1. The van der Waals surface area contributed by atoms with Gasteiger partial charge in [-0.3, -0.25) is 4.57 Å². The van der Waals surface area contributed by atoms with Crippen molar-refractivity contribution in [3.63, 3.8) is 0 Å². The van der Waals surface area contributed by atoms with Crippen LogP contribution in [0.5, 0.6) is 0 Å². The first-order chi connectivity index (χ1) is 11.6. The molecule has 1 saturated heterocycles. The molecule has 2 aliphatic rings. The summed E-state index contributed by atoms with van der Waals surface area (Å²) in [5, 5.41) is 23.6. The Morgan fingerprint density at radius 2 is 1.92 bits per heavy atom. The molecule has 130 valence electrons. The third-order valence-electron chi connectivity index (χ3n) is 5.06. The molecular weight excluding hydrogens is 310 g/mol. The average molecular weight is 333 g/mol. The lowest BCUT2D eigenvalue weighted by atomic mass is 9.95. The van der Waals surface area contributed by atoms with Crippen LogP contribution >= 0.6 is 0 Å². The Bertz CT molecular complexity index is 715. The summed E-state index contributed by atoms with van der Waals surface area (Å²) in [5.74, 6) is 0.715. The number of rotatable bonds is 3. The minimum Gasteiger partial charge on any atom is -0.388 e. The SMILES string of the molecule is C[C@H]1O[C@@H](n2cnc3c(NC4CCCCC4)ncnc32)[C@H](O)[C@@H]1O. The zero-order valence-corrected chi connectivity index (χ0v) is 13.7. The highest BCUT2D eigenvalue weighted by molar-refractivity contribution is 5.82. The molecule has 0 bridgehead atoms. The van der Waals surface area contributed by atoms with Gasteiger partial charge in [-0.2, -0.15) is 0 Å². The Morgan fingerprint density at radius 1 is 1.12 bits per heavy atom. The zero-order valence-electron chi connectivity index (χ0n) is 13.7. The molecule has 8 heteroatoms. The number of nitrogens with zero attached hydrogens (tertiary/aromatic N) is 4. The van der Waals surface area contributed by atoms with Crippen LogP contribution in [0.2, 0.25) is 0 Å². The van der Waals surface area contributed by atoms with Crippen molar-refractivity contribution >= 4 is 17.0 Å². The van der Waals surface area contributed by atoms with Crippen molar-refractivity contribution < 1.29 is 14.9 Å². The Morgan fingerprint density at radius 3 is 2.62 bits per heavy atom. The summed E-state index contributed by atoms with van der Waals surface area (Å²) in [6.45, 7) is 1.73. The largest absolute Gasteiger partial charge is 0.388 e. The molecule has 4 rings (SSSR count). The number of hydrogen-bond acceptors (Lipinski definition) is 7. The highest BCUT2D eigenvalue weighted by Crippen LogP contribution is 2.32. The monoisotopic (exact) mass is 333 g/mol. The number of imidazole rings is 1. The molecular formula is C16H23N5O3. The first kappa shape index (κ1) is 15.7. The third-order valence-corrected chi connectivity index (χ3v) is 5.06. The van der Waals surface area contributed by atoms with Gasteiger partial charge in [0.25, 0.3) is 0 Å². The number of fused-ring (bicyclic) bond motifs is 1. The van der Waals surface area contributed by atoms with E-state index in [0.29, 0.717) is 23.0 Å². The van der Waals surface area contributed by atoms with E-state index in [-0.39, 0.29) is 0 Å². The van der Waals surface area contributed by atoms with E-state index in [1.807, 2.05) is 0 Å². The van der Waals surface area contributed by atoms with Gasteiger partial charge < -0.3 is 20.3 Å². The second-order valence-corrected chi connectivity index (χ2v) is 6.74. The maximum atomic E-state index is 10.2. The topological polar surface area (TPSA) is 105 Å². The van der Waals surface area contributed by atoms with Gasteiger partial charge in [0, 0.05) is 6.04 Å². The lowest BCUT2D eigenvalue weighted by Gasteiger charge is -2.23. The highest BCUT2D eigenvalue weighted by atomic mass is 16.6. The summed E-state index contributed by atoms with van der Waals surface area (Å²) in [7, 11) is 0. The van der Waals surface area contributed by atoms with Crippen molar-refractivity contribution in [2.24, 2.45) is 0 Å². The number of aromatic nitrogens is 4. The lowest BCUT2D eigenvalue weighted by molar-refractivity contribution is -0.0299. The molecule has 3 N–H and O–H groups in total. The van der Waals surface area contributed by atoms with Crippen LogP contribution in [-0.4, -0.2) is 54.1 Å². The summed E-state index contributed by atoms with van der Waals surface area (Å²) in [4.78, 5) is 13.1. The van der Waals surface area contributed by atoms with Crippen molar-refractivity contribution in [2.75, 3.05) is 5.32 Å². The molecule has 1 aliphatic carbocycles. The molecule has 0 unspecified atom stereocenters. The lowest BCUT2D eigenvalue weighted by Crippen LogP contribution is -2.30. The molecule has 0 aromatic carbocycles. The Hall–Kier alpha value is -1.77. The highest BCUT2D eigenvalue weighted by Gasteiger charge is 2.42. The van der Waals surface area contributed by atoms with Gasteiger partial charge >= 0.3 is 0 Å². The van der Waals surface area contributed by atoms with Crippen molar-refractivity contribution in [3.8, 4) is 0 Å². The standard InChI is InChI=1S/C16H23N5O3/c1-9-12(22)13(23)16(24-9)21-8-19-11-14(17-7-18-15(11)21)20-10-5-3-2-4-6-10/h7-10,12-13,16,22-23H,2-6H2,1H3,(H,17,18,20)/t9-,12-,13-,16-/m1/s1. The van der Waals surface area contributed by atoms with E-state index in [1.165, 1.54) is 25.6 Å². The first-order valence-electron chi connectivity index (χ1n) is 8.61. The predicted octanol–water partition coefficient (Wildman–Crippen LogP) is 1.21. The summed E-state index contributed by atoms with van der Waals surface area (Å²) in [6, 6.07) is 0.414. The van der Waals surface area contributed by atoms with Gasteiger partial charge in [-0.25, -0.2) is 15.0 Å². The molecule has 2 aromatic heterocycles. The van der Waals surface area contributed by atoms with Crippen LogP contribution in [0.15, 0.2) is 12.7 Å². The van der Waals surface area contributed by atoms with E-state index in [0.717, 1.165) is 12.8 Å². The number of aliphatic hydroxyl groups excluding tert-OH is 2. The normalized spacial score (nSPS) is 31.6. The molecule has 3 heterocycles. The van der Waals surface area contributed by atoms with E-state index in [9.17, 15) is 10.2 Å². The quantitative estimate of drug-likeness (QED) is 0.775. The van der Waals surface area contributed by atoms with E-state index in [4.69, 9.17) is 4.74 Å². The Balaban J connectivity index is 1.64. The van der Waals surface area contributed by atoms with Crippen molar-refractivity contribution in [1.82, 2.24) is 19.5 Å². The van der Waals surface area contributed by atoms with Gasteiger partial charge in [0.05, 0.1) is 12.4 Å². The Kier molecular flexibility index (Phi) is 4.11. The Labute approximate surface area is 139 Å². The molecule has 8 nitrogen and oxygen atoms in total. The van der Waals surface area contributed by atoms with Crippen molar-refractivity contribution in [1.29, 1.82) is 0 Å². The average Bonchev–Trinajstić information content (AvgIpc) is 3.13. The number of anilines is 1. The van der Waals surface area contributed by atoms with Crippen LogP contribution in [0.3, 0.4) is 0 Å². The minimum absolute atomic E-state index is 0.414. The van der Waals surface area contributed by atoms with Gasteiger partial charge in [-0.05, 0) is 19.8 Å². The molecule has 1 saturated carbocycles. The van der Waals surface area contributed by atoms with E-state index >= 15 is 0 Å². The summed E-state index contributed by atoms with van der Waals surface area (Å²) < 4.78 is 7.34. The molecule has 0 amide bonds. The van der Waals surface area contributed by atoms with Crippen LogP contribution in [0.4, 0.5) is 5.82 Å². The van der Waals surface area contributed by atoms with Crippen LogP contribution in [0.1, 0.15) is 45.3 Å². The molecule has 2 fully saturated rings. The summed E-state index contributed by atoms with van der Waals surface area (Å²) >= 11 is 0. The van der Waals surface area contributed by atoms with Gasteiger partial charge in [-0.1, -0.05) is 19.3 Å². The third kappa shape index (κ3) is 2.64. The maximum Gasteiger partial charge on any atom is 0.167 e. The fourth-order valence-corrected chi connectivity index (χ4v) is 3.64. The van der Waals surface area contributed by atoms with Crippen LogP contribution in [0.25, 0.3) is 11.2 Å². The van der Waals surface area contributed by atoms with Gasteiger partial charge in [0.15, 0.2) is 23.2 Å². The first-order valence-corrected chi connectivity index (χ1v) is 8.61. The molecule has 1 aliphatic heterocycles. The second-order valence-electron chi connectivity index (χ2n) is 6.74. The van der Waals surface area contributed by atoms with Crippen LogP contribution in [0, 0.1) is 0 Å². The van der Waals surface area contributed by atoms with Crippen molar-refractivity contribution in [2.45, 2.75) is 69.6 Å². The van der Waals surface area contributed by atoms with Gasteiger partial charge in [-0.15, -0.1) is 0 Å². The van der Waals surface area contributed by atoms with Crippen molar-refractivity contribution in [3.05, 3.63) is 12.7 Å². The van der Waals surface area contributed by atoms with E-state index < -0.39 is 24.5 Å². The molecule has 24 heavy (non-hydrogen) atoms. The molecule has 4 atom stereocenters. The van der Waals surface area contributed by atoms with Crippen LogP contribution in [-0.2, 0) is 4.74 Å². The molecule has 0 radical (unpaired) electrons. The predicted molar refractivity (Wildman–Crippen MR) is 87.4 cm³/mol. The summed E-state index contributed by atoms with van der Waals surface area (Å²) in [6.07, 6.45) is 6.05. The van der Waals surface area contributed by atoms with Crippen LogP contribution < -0.4 is 5.32 Å². The number of hydrogen-bond donors (Lipinski definition) is 3. The number of nitrogens with one attached hydrogen (secondary N) is 1. The number of aliphatic hydroxyl groups is 2. The van der Waals surface area contributed by atoms with E-state index in [2.05, 4.69) is 20.3 Å². The molecule has 0 spiro atoms. The fraction of sp³-hybridized carbons (Fsp3) is 0.688.